The summed E-state index contributed by atoms with van der Waals surface area (Å²) < 4.78 is 2.47. The monoisotopic (exact) mass is 559 g/mol. The smallest absolute Gasteiger partial charge is 0.197 e. The SMILES string of the molecule is C=C(/C=C\C=C/C)NC/C(=C\C=C1/CSc2ccccc21)c1cc(C)cc2c1[B]c1cccc3c4ccccc4n-2c13. The second kappa shape index (κ2) is 11.1. The van der Waals surface area contributed by atoms with Gasteiger partial charge in [-0.3, -0.25) is 0 Å². The van der Waals surface area contributed by atoms with E-state index in [1.165, 1.54) is 71.2 Å². The summed E-state index contributed by atoms with van der Waals surface area (Å²) in [5.74, 6) is 0.994. The quantitative estimate of drug-likeness (QED) is 0.158. The second-order valence-electron chi connectivity index (χ2n) is 10.9. The van der Waals surface area contributed by atoms with Crippen molar-refractivity contribution in [3.8, 4) is 5.69 Å². The van der Waals surface area contributed by atoms with E-state index in [0.717, 1.165) is 11.4 Å². The highest BCUT2D eigenvalue weighted by Gasteiger charge is 2.26. The molecule has 203 valence electrons. The third-order valence-electron chi connectivity index (χ3n) is 8.12. The molecule has 0 bridgehead atoms. The van der Waals surface area contributed by atoms with Crippen LogP contribution in [0.1, 0.15) is 23.6 Å². The number of hydrogen-bond donors (Lipinski definition) is 1. The Hall–Kier alpha value is -4.41. The normalized spacial score (nSPS) is 15.1. The Bertz CT molecular complexity index is 2000. The molecular weight excluding hydrogens is 527 g/mol. The van der Waals surface area contributed by atoms with Crippen LogP contribution in [0.3, 0.4) is 0 Å². The Morgan fingerprint density at radius 1 is 1.00 bits per heavy atom. The van der Waals surface area contributed by atoms with Gasteiger partial charge in [-0.2, -0.15) is 0 Å². The lowest BCUT2D eigenvalue weighted by Gasteiger charge is -2.25. The van der Waals surface area contributed by atoms with E-state index in [4.69, 9.17) is 0 Å². The number of para-hydroxylation sites is 2. The average molecular weight is 560 g/mol. The molecule has 0 saturated heterocycles. The molecular formula is C38H32BN2S. The van der Waals surface area contributed by atoms with Gasteiger partial charge in [0.2, 0.25) is 0 Å². The van der Waals surface area contributed by atoms with Gasteiger partial charge in [-0.05, 0) is 66.0 Å². The third-order valence-corrected chi connectivity index (χ3v) is 9.25. The van der Waals surface area contributed by atoms with E-state index in [-0.39, 0.29) is 0 Å². The minimum atomic E-state index is 0.671. The number of hydrogen-bond acceptors (Lipinski definition) is 2. The van der Waals surface area contributed by atoms with Crippen molar-refractivity contribution in [3.63, 3.8) is 0 Å². The number of fused-ring (bicyclic) bond motifs is 6. The van der Waals surface area contributed by atoms with Crippen LogP contribution in [0.15, 0.2) is 132 Å². The highest BCUT2D eigenvalue weighted by molar-refractivity contribution is 8.00. The maximum Gasteiger partial charge on any atom is 0.197 e. The lowest BCUT2D eigenvalue weighted by atomic mass is 9.59. The molecule has 5 aromatic rings. The van der Waals surface area contributed by atoms with Crippen molar-refractivity contribution >= 4 is 62.9 Å². The first-order valence-corrected chi connectivity index (χ1v) is 15.5. The topological polar surface area (TPSA) is 17.0 Å². The van der Waals surface area contributed by atoms with Gasteiger partial charge in [0.05, 0.1) is 5.52 Å². The molecule has 3 heterocycles. The van der Waals surface area contributed by atoms with E-state index >= 15 is 0 Å². The van der Waals surface area contributed by atoms with Crippen LogP contribution < -0.4 is 16.2 Å². The number of benzene rings is 4. The Morgan fingerprint density at radius 3 is 2.74 bits per heavy atom. The number of aromatic nitrogens is 1. The van der Waals surface area contributed by atoms with Gasteiger partial charge in [0.15, 0.2) is 7.28 Å². The fraction of sp³-hybridized carbons (Fsp3) is 0.105. The van der Waals surface area contributed by atoms with Crippen LogP contribution in [-0.4, -0.2) is 24.1 Å². The summed E-state index contributed by atoms with van der Waals surface area (Å²) >= 11 is 1.92. The summed E-state index contributed by atoms with van der Waals surface area (Å²) in [6.07, 6.45) is 12.7. The van der Waals surface area contributed by atoms with Crippen molar-refractivity contribution in [1.82, 2.24) is 9.88 Å². The first-order chi connectivity index (χ1) is 20.6. The Kier molecular flexibility index (Phi) is 7.01. The average Bonchev–Trinajstić information content (AvgIpc) is 3.58. The molecule has 42 heavy (non-hydrogen) atoms. The molecule has 2 aliphatic heterocycles. The largest absolute Gasteiger partial charge is 0.381 e. The zero-order chi connectivity index (χ0) is 28.6. The van der Waals surface area contributed by atoms with E-state index in [0.29, 0.717) is 6.54 Å². The first kappa shape index (κ1) is 26.5. The van der Waals surface area contributed by atoms with Crippen LogP contribution in [0.5, 0.6) is 0 Å². The van der Waals surface area contributed by atoms with E-state index in [2.05, 4.69) is 122 Å². The van der Waals surface area contributed by atoms with E-state index in [1.54, 1.807) is 0 Å². The van der Waals surface area contributed by atoms with Gasteiger partial charge < -0.3 is 9.88 Å². The molecule has 2 aliphatic rings. The van der Waals surface area contributed by atoms with Crippen molar-refractivity contribution in [2.75, 3.05) is 12.3 Å². The fourth-order valence-corrected chi connectivity index (χ4v) is 7.26. The molecule has 4 aromatic carbocycles. The molecule has 4 heteroatoms. The molecule has 7 rings (SSSR count). The minimum absolute atomic E-state index is 0.671. The predicted octanol–water partition coefficient (Wildman–Crippen LogP) is 7.87. The van der Waals surface area contributed by atoms with Crippen molar-refractivity contribution in [2.24, 2.45) is 0 Å². The first-order valence-electron chi connectivity index (χ1n) is 14.5. The zero-order valence-corrected chi connectivity index (χ0v) is 24.8. The van der Waals surface area contributed by atoms with E-state index in [9.17, 15) is 0 Å². The molecule has 0 spiro atoms. The number of nitrogens with one attached hydrogen (secondary N) is 1. The summed E-state index contributed by atoms with van der Waals surface area (Å²) in [6, 6.07) is 28.8. The van der Waals surface area contributed by atoms with Crippen molar-refractivity contribution in [1.29, 1.82) is 0 Å². The third kappa shape index (κ3) is 4.66. The molecule has 0 unspecified atom stereocenters. The molecule has 0 amide bonds. The van der Waals surface area contributed by atoms with Crippen LogP contribution >= 0.6 is 11.8 Å². The Morgan fingerprint density at radius 2 is 1.83 bits per heavy atom. The number of allylic oxidation sites excluding steroid dienone is 6. The van der Waals surface area contributed by atoms with Crippen molar-refractivity contribution in [3.05, 3.63) is 144 Å². The van der Waals surface area contributed by atoms with Gasteiger partial charge in [-0.25, -0.2) is 0 Å². The van der Waals surface area contributed by atoms with E-state index in [1.807, 2.05) is 43.0 Å². The molecule has 0 saturated carbocycles. The second-order valence-corrected chi connectivity index (χ2v) is 11.9. The minimum Gasteiger partial charge on any atom is -0.381 e. The lowest BCUT2D eigenvalue weighted by Crippen LogP contribution is -2.38. The van der Waals surface area contributed by atoms with Gasteiger partial charge in [0.1, 0.15) is 0 Å². The molecule has 1 aromatic heterocycles. The summed E-state index contributed by atoms with van der Waals surface area (Å²) in [5, 5.41) is 6.18. The maximum atomic E-state index is 4.26. The lowest BCUT2D eigenvalue weighted by molar-refractivity contribution is 0.952. The Labute approximate surface area is 253 Å². The highest BCUT2D eigenvalue weighted by Crippen LogP contribution is 2.39. The van der Waals surface area contributed by atoms with Crippen LogP contribution in [0.25, 0.3) is 38.6 Å². The van der Waals surface area contributed by atoms with Gasteiger partial charge in [0.25, 0.3) is 0 Å². The predicted molar refractivity (Wildman–Crippen MR) is 185 cm³/mol. The van der Waals surface area contributed by atoms with Crippen LogP contribution in [-0.2, 0) is 0 Å². The molecule has 0 aliphatic carbocycles. The summed E-state index contributed by atoms with van der Waals surface area (Å²) in [7, 11) is 2.38. The van der Waals surface area contributed by atoms with Gasteiger partial charge >= 0.3 is 0 Å². The van der Waals surface area contributed by atoms with Gasteiger partial charge in [0, 0.05) is 44.9 Å². The van der Waals surface area contributed by atoms with Crippen molar-refractivity contribution < 1.29 is 0 Å². The maximum absolute atomic E-state index is 4.26. The molecule has 2 nitrogen and oxygen atoms in total. The zero-order valence-electron chi connectivity index (χ0n) is 24.0. The van der Waals surface area contributed by atoms with Gasteiger partial charge in [-0.1, -0.05) is 109 Å². The van der Waals surface area contributed by atoms with E-state index < -0.39 is 0 Å². The summed E-state index contributed by atoms with van der Waals surface area (Å²) in [5.41, 5.74) is 13.6. The summed E-state index contributed by atoms with van der Waals surface area (Å²) in [6.45, 7) is 9.16. The molecule has 0 atom stereocenters. The Balaban J connectivity index is 1.38. The highest BCUT2D eigenvalue weighted by atomic mass is 32.2. The fourth-order valence-electron chi connectivity index (χ4n) is 6.17. The number of rotatable bonds is 7. The van der Waals surface area contributed by atoms with Crippen LogP contribution in [0.2, 0.25) is 0 Å². The number of nitrogens with zero attached hydrogens (tertiary/aromatic N) is 1. The number of aryl methyl sites for hydroxylation is 1. The summed E-state index contributed by atoms with van der Waals surface area (Å²) in [4.78, 5) is 1.36. The van der Waals surface area contributed by atoms with Crippen LogP contribution in [0.4, 0.5) is 0 Å². The van der Waals surface area contributed by atoms with Crippen molar-refractivity contribution in [2.45, 2.75) is 18.7 Å². The number of thioether (sulfide) groups is 1. The molecule has 1 radical (unpaired) electrons. The van der Waals surface area contributed by atoms with Gasteiger partial charge in [-0.15, -0.1) is 11.8 Å². The molecule has 1 N–H and O–H groups in total. The standard InChI is InChI=1S/C38H32BN2S/c1-4-5-6-12-26(3)40-23-27(19-20-28-24-42-36-18-10-8-13-29(28)36)32-21-25(2)22-35-37(32)39-33-16-11-15-31-30-14-7-9-17-34(30)41(35)38(31)33/h4-22,40H,3,23-24H2,1-2H3/b5-4-,12-6-,27-19+,28-20+. The van der Waals surface area contributed by atoms with Crippen LogP contribution in [0, 0.1) is 6.92 Å². The molecule has 0 fully saturated rings.